The van der Waals surface area contributed by atoms with E-state index < -0.39 is 0 Å². The summed E-state index contributed by atoms with van der Waals surface area (Å²) in [5.74, 6) is 0.695. The molecule has 3 rings (SSSR count). The summed E-state index contributed by atoms with van der Waals surface area (Å²) in [5, 5.41) is 3.02. The predicted octanol–water partition coefficient (Wildman–Crippen LogP) is 3.69. The molecule has 1 unspecified atom stereocenters. The van der Waals surface area contributed by atoms with Crippen LogP contribution in [0.25, 0.3) is 11.0 Å². The topological polar surface area (TPSA) is 72.9 Å². The number of nitrogens with one attached hydrogen (secondary N) is 1. The molecule has 124 valence electrons. The lowest BCUT2D eigenvalue weighted by Crippen LogP contribution is -2.29. The van der Waals surface area contributed by atoms with Crippen molar-refractivity contribution in [3.05, 3.63) is 59.9 Å². The van der Waals surface area contributed by atoms with Gasteiger partial charge in [-0.3, -0.25) is 4.79 Å². The molecular formula is C19H22N4O. The Hall–Kier alpha value is -2.82. The Morgan fingerprint density at radius 1 is 1.12 bits per heavy atom. The summed E-state index contributed by atoms with van der Waals surface area (Å²) in [7, 11) is 0. The van der Waals surface area contributed by atoms with Crippen molar-refractivity contribution in [1.82, 2.24) is 14.9 Å². The third-order valence-electron chi connectivity index (χ3n) is 4.02. The molecule has 0 aliphatic rings. The van der Waals surface area contributed by atoms with Gasteiger partial charge in [0.2, 0.25) is 0 Å². The van der Waals surface area contributed by atoms with Crippen LogP contribution in [-0.4, -0.2) is 15.5 Å². The summed E-state index contributed by atoms with van der Waals surface area (Å²) in [5.41, 5.74) is 8.89. The second-order valence-electron chi connectivity index (χ2n) is 6.24. The number of para-hydroxylation sites is 2. The van der Waals surface area contributed by atoms with Crippen molar-refractivity contribution in [3.63, 3.8) is 0 Å². The van der Waals surface area contributed by atoms with E-state index in [2.05, 4.69) is 29.8 Å². The molecule has 0 fully saturated rings. The molecule has 5 heteroatoms. The first-order chi connectivity index (χ1) is 11.5. The quantitative estimate of drug-likeness (QED) is 0.720. The van der Waals surface area contributed by atoms with Crippen LogP contribution in [0.2, 0.25) is 0 Å². The summed E-state index contributed by atoms with van der Waals surface area (Å²) in [4.78, 5) is 17.2. The number of anilines is 1. The first-order valence-electron chi connectivity index (χ1n) is 8.10. The van der Waals surface area contributed by atoms with Crippen molar-refractivity contribution < 1.29 is 4.79 Å². The molecule has 0 saturated carbocycles. The van der Waals surface area contributed by atoms with Gasteiger partial charge in [0.25, 0.3) is 5.91 Å². The molecule has 3 aromatic rings. The van der Waals surface area contributed by atoms with Crippen LogP contribution < -0.4 is 11.1 Å². The van der Waals surface area contributed by atoms with Crippen LogP contribution in [0.3, 0.4) is 0 Å². The first kappa shape index (κ1) is 16.1. The Morgan fingerprint density at radius 3 is 2.58 bits per heavy atom. The summed E-state index contributed by atoms with van der Waals surface area (Å²) < 4.78 is 2.17. The van der Waals surface area contributed by atoms with Gasteiger partial charge in [0.1, 0.15) is 5.82 Å². The number of imidazole rings is 1. The van der Waals surface area contributed by atoms with Crippen molar-refractivity contribution in [2.24, 2.45) is 0 Å². The number of nitrogens with two attached hydrogens (primary N) is 1. The Bertz CT molecular complexity index is 882. The third kappa shape index (κ3) is 2.97. The summed E-state index contributed by atoms with van der Waals surface area (Å²) in [6.07, 6.45) is 0. The molecule has 1 heterocycles. The predicted molar refractivity (Wildman–Crippen MR) is 96.9 cm³/mol. The molecule has 0 spiro atoms. The van der Waals surface area contributed by atoms with E-state index in [9.17, 15) is 4.79 Å². The summed E-state index contributed by atoms with van der Waals surface area (Å²) in [6.45, 7) is 6.18. The fraction of sp³-hybridized carbons (Fsp3) is 0.263. The second kappa shape index (κ2) is 6.35. The summed E-state index contributed by atoms with van der Waals surface area (Å²) in [6, 6.07) is 15.0. The monoisotopic (exact) mass is 322 g/mol. The van der Waals surface area contributed by atoms with Crippen LogP contribution in [0.4, 0.5) is 5.69 Å². The SMILES string of the molecule is CC(NC(=O)c1cccc(N)c1)c1nc2ccccc2n1C(C)C. The normalized spacial score (nSPS) is 12.5. The molecule has 3 N–H and O–H groups in total. The number of rotatable bonds is 4. The lowest BCUT2D eigenvalue weighted by molar-refractivity contribution is 0.0937. The van der Waals surface area contributed by atoms with Gasteiger partial charge in [-0.25, -0.2) is 4.98 Å². The van der Waals surface area contributed by atoms with Crippen LogP contribution in [0, 0.1) is 0 Å². The molecule has 0 bridgehead atoms. The Morgan fingerprint density at radius 2 is 1.88 bits per heavy atom. The van der Waals surface area contributed by atoms with Crippen LogP contribution >= 0.6 is 0 Å². The molecule has 0 radical (unpaired) electrons. The van der Waals surface area contributed by atoms with Crippen LogP contribution in [0.1, 0.15) is 49.0 Å². The molecule has 5 nitrogen and oxygen atoms in total. The average molecular weight is 322 g/mol. The number of benzene rings is 2. The number of hydrogen-bond acceptors (Lipinski definition) is 3. The van der Waals surface area contributed by atoms with Crippen molar-refractivity contribution in [2.45, 2.75) is 32.9 Å². The highest BCUT2D eigenvalue weighted by atomic mass is 16.1. The molecule has 0 aliphatic heterocycles. The van der Waals surface area contributed by atoms with Gasteiger partial charge in [-0.1, -0.05) is 18.2 Å². The smallest absolute Gasteiger partial charge is 0.251 e. The van der Waals surface area contributed by atoms with Gasteiger partial charge in [0, 0.05) is 17.3 Å². The minimum atomic E-state index is -0.214. The van der Waals surface area contributed by atoms with Gasteiger partial charge < -0.3 is 15.6 Å². The fourth-order valence-corrected chi connectivity index (χ4v) is 2.94. The maximum absolute atomic E-state index is 12.5. The maximum Gasteiger partial charge on any atom is 0.251 e. The average Bonchev–Trinajstić information content (AvgIpc) is 2.94. The van der Waals surface area contributed by atoms with E-state index in [0.29, 0.717) is 11.3 Å². The number of fused-ring (bicyclic) bond motifs is 1. The zero-order valence-electron chi connectivity index (χ0n) is 14.2. The first-order valence-corrected chi connectivity index (χ1v) is 8.10. The zero-order valence-corrected chi connectivity index (χ0v) is 14.2. The molecule has 1 aromatic heterocycles. The van der Waals surface area contributed by atoms with E-state index in [1.807, 2.05) is 25.1 Å². The molecule has 2 aromatic carbocycles. The van der Waals surface area contributed by atoms with Gasteiger partial charge in [0.15, 0.2) is 0 Å². The van der Waals surface area contributed by atoms with Crippen molar-refractivity contribution >= 4 is 22.6 Å². The molecule has 24 heavy (non-hydrogen) atoms. The highest BCUT2D eigenvalue weighted by Gasteiger charge is 2.20. The number of aromatic nitrogens is 2. The number of nitrogens with zero attached hydrogens (tertiary/aromatic N) is 2. The van der Waals surface area contributed by atoms with Crippen molar-refractivity contribution in [1.29, 1.82) is 0 Å². The standard InChI is InChI=1S/C19H22N4O/c1-12(2)23-17-10-5-4-9-16(17)22-18(23)13(3)21-19(24)14-7-6-8-15(20)11-14/h4-13H,20H2,1-3H3,(H,21,24). The Labute approximate surface area is 141 Å². The van der Waals surface area contributed by atoms with Crippen LogP contribution in [0.5, 0.6) is 0 Å². The van der Waals surface area contributed by atoms with Gasteiger partial charge in [-0.05, 0) is 51.1 Å². The van der Waals surface area contributed by atoms with Crippen molar-refractivity contribution in [2.75, 3.05) is 5.73 Å². The van der Waals surface area contributed by atoms with Gasteiger partial charge in [0.05, 0.1) is 17.1 Å². The fourth-order valence-electron chi connectivity index (χ4n) is 2.94. The minimum absolute atomic E-state index is 0.155. The third-order valence-corrected chi connectivity index (χ3v) is 4.02. The number of hydrogen-bond donors (Lipinski definition) is 2. The van der Waals surface area contributed by atoms with Gasteiger partial charge >= 0.3 is 0 Å². The number of carbonyl (C=O) groups is 1. The van der Waals surface area contributed by atoms with Gasteiger partial charge in [-0.2, -0.15) is 0 Å². The Balaban J connectivity index is 1.92. The van der Waals surface area contributed by atoms with E-state index in [1.54, 1.807) is 24.3 Å². The van der Waals surface area contributed by atoms with Crippen LogP contribution in [0.15, 0.2) is 48.5 Å². The van der Waals surface area contributed by atoms with E-state index >= 15 is 0 Å². The molecule has 0 aliphatic carbocycles. The molecular weight excluding hydrogens is 300 g/mol. The van der Waals surface area contributed by atoms with Crippen molar-refractivity contribution in [3.8, 4) is 0 Å². The van der Waals surface area contributed by atoms with Gasteiger partial charge in [-0.15, -0.1) is 0 Å². The van der Waals surface area contributed by atoms with E-state index in [4.69, 9.17) is 10.7 Å². The Kier molecular flexibility index (Phi) is 4.25. The zero-order chi connectivity index (χ0) is 17.3. The number of nitrogen functional groups attached to an aromatic ring is 1. The maximum atomic E-state index is 12.5. The van der Waals surface area contributed by atoms with Crippen LogP contribution in [-0.2, 0) is 0 Å². The summed E-state index contributed by atoms with van der Waals surface area (Å²) >= 11 is 0. The lowest BCUT2D eigenvalue weighted by atomic mass is 10.1. The molecule has 1 atom stereocenters. The van der Waals surface area contributed by atoms with E-state index in [1.165, 1.54) is 0 Å². The second-order valence-corrected chi connectivity index (χ2v) is 6.24. The minimum Gasteiger partial charge on any atom is -0.399 e. The lowest BCUT2D eigenvalue weighted by Gasteiger charge is -2.19. The largest absolute Gasteiger partial charge is 0.399 e. The highest BCUT2D eigenvalue weighted by molar-refractivity contribution is 5.95. The van der Waals surface area contributed by atoms with E-state index in [-0.39, 0.29) is 18.0 Å². The number of amides is 1. The highest BCUT2D eigenvalue weighted by Crippen LogP contribution is 2.25. The van der Waals surface area contributed by atoms with E-state index in [0.717, 1.165) is 16.9 Å². The molecule has 1 amide bonds. The number of carbonyl (C=O) groups excluding carboxylic acids is 1. The molecule has 0 saturated heterocycles.